The van der Waals surface area contributed by atoms with Gasteiger partial charge in [-0.15, -0.1) is 0 Å². The highest BCUT2D eigenvalue weighted by molar-refractivity contribution is 7.92. The number of hydrogen-bond donors (Lipinski definition) is 1. The Hall–Kier alpha value is -2.44. The lowest BCUT2D eigenvalue weighted by molar-refractivity contribution is 0.589. The fourth-order valence-corrected chi connectivity index (χ4v) is 2.81. The van der Waals surface area contributed by atoms with Crippen LogP contribution in [0.25, 0.3) is 11.6 Å². The third-order valence-electron chi connectivity index (χ3n) is 3.11. The van der Waals surface area contributed by atoms with Crippen LogP contribution in [0.3, 0.4) is 0 Å². The zero-order valence-corrected chi connectivity index (χ0v) is 12.6. The Balaban J connectivity index is 1.68. The lowest BCUT2D eigenvalue weighted by atomic mass is 10.2. The molecule has 2 aromatic heterocycles. The van der Waals surface area contributed by atoms with E-state index in [0.717, 1.165) is 16.5 Å². The number of benzene rings is 1. The van der Waals surface area contributed by atoms with Crippen LogP contribution in [0.2, 0.25) is 0 Å². The molecule has 3 aromatic rings. The van der Waals surface area contributed by atoms with E-state index in [1.165, 1.54) is 0 Å². The summed E-state index contributed by atoms with van der Waals surface area (Å²) < 4.78 is 28.1. The molecule has 0 atom stereocenters. The van der Waals surface area contributed by atoms with Gasteiger partial charge in [-0.25, -0.2) is 17.7 Å². The average Bonchev–Trinajstić information content (AvgIpc) is 2.95. The van der Waals surface area contributed by atoms with Crippen LogP contribution < -0.4 is 4.72 Å². The second-order valence-electron chi connectivity index (χ2n) is 4.79. The molecule has 0 spiro atoms. The highest BCUT2D eigenvalue weighted by Crippen LogP contribution is 2.07. The third kappa shape index (κ3) is 3.60. The summed E-state index contributed by atoms with van der Waals surface area (Å²) in [5.41, 5.74) is 2.43. The molecule has 22 heavy (non-hydrogen) atoms. The van der Waals surface area contributed by atoms with Gasteiger partial charge in [0.05, 0.1) is 17.8 Å². The first kappa shape index (κ1) is 14.5. The Morgan fingerprint density at radius 3 is 2.64 bits per heavy atom. The molecule has 6 heteroatoms. The summed E-state index contributed by atoms with van der Waals surface area (Å²) in [5.74, 6) is 0. The minimum atomic E-state index is -3.50. The first-order chi connectivity index (χ1) is 10.6. The maximum absolute atomic E-state index is 12.0. The minimum absolute atomic E-state index is 0.156. The predicted octanol–water partition coefficient (Wildman–Crippen LogP) is 2.42. The Morgan fingerprint density at radius 1 is 1.09 bits per heavy atom. The molecular formula is C16H15N3O2S. The topological polar surface area (TPSA) is 63.5 Å². The van der Waals surface area contributed by atoms with Crippen LogP contribution in [0.5, 0.6) is 0 Å². The van der Waals surface area contributed by atoms with Crippen molar-refractivity contribution >= 4 is 21.6 Å². The van der Waals surface area contributed by atoms with Crippen LogP contribution in [0.4, 0.5) is 0 Å². The Bertz CT molecular complexity index is 866. The Labute approximate surface area is 129 Å². The van der Waals surface area contributed by atoms with E-state index in [4.69, 9.17) is 0 Å². The molecule has 0 unspecified atom stereocenters. The first-order valence-corrected chi connectivity index (χ1v) is 8.33. The quantitative estimate of drug-likeness (QED) is 0.787. The van der Waals surface area contributed by atoms with Gasteiger partial charge in [-0.05, 0) is 29.8 Å². The van der Waals surface area contributed by atoms with Gasteiger partial charge in [-0.3, -0.25) is 0 Å². The van der Waals surface area contributed by atoms with E-state index < -0.39 is 10.0 Å². The van der Waals surface area contributed by atoms with E-state index in [1.807, 2.05) is 60.8 Å². The summed E-state index contributed by atoms with van der Waals surface area (Å²) in [6.07, 6.45) is 3.38. The molecule has 0 saturated carbocycles. The number of hydrogen-bond acceptors (Lipinski definition) is 3. The van der Waals surface area contributed by atoms with Gasteiger partial charge in [0.25, 0.3) is 0 Å². The van der Waals surface area contributed by atoms with Crippen LogP contribution >= 0.6 is 0 Å². The van der Waals surface area contributed by atoms with Crippen LogP contribution in [-0.4, -0.2) is 18.0 Å². The summed E-state index contributed by atoms with van der Waals surface area (Å²) in [4.78, 5) is 0. The van der Waals surface area contributed by atoms with Crippen molar-refractivity contribution < 1.29 is 8.42 Å². The van der Waals surface area contributed by atoms with E-state index in [0.29, 0.717) is 5.69 Å². The summed E-state index contributed by atoms with van der Waals surface area (Å²) in [6, 6.07) is 16.8. The van der Waals surface area contributed by atoms with Crippen molar-refractivity contribution in [2.75, 3.05) is 0 Å². The van der Waals surface area contributed by atoms with E-state index in [9.17, 15) is 8.42 Å². The molecule has 0 aliphatic rings. The molecule has 1 N–H and O–H groups in total. The molecule has 0 fully saturated rings. The van der Waals surface area contributed by atoms with E-state index in [1.54, 1.807) is 10.6 Å². The summed E-state index contributed by atoms with van der Waals surface area (Å²) in [6.45, 7) is 0.156. The van der Waals surface area contributed by atoms with Crippen molar-refractivity contribution in [2.45, 2.75) is 6.54 Å². The fourth-order valence-electron chi connectivity index (χ4n) is 2.03. The van der Waals surface area contributed by atoms with Crippen molar-refractivity contribution in [1.29, 1.82) is 0 Å². The van der Waals surface area contributed by atoms with Crippen molar-refractivity contribution in [3.63, 3.8) is 0 Å². The fraction of sp³-hybridized carbons (Fsp3) is 0.0625. The standard InChI is InChI=1S/C16H15N3O2S/c20-22(21,11-9-14-6-2-1-3-7-14)17-13-15-12-16-8-4-5-10-19(16)18-15/h1-12,17H,13H2/b11-9+. The first-order valence-electron chi connectivity index (χ1n) is 6.78. The number of pyridine rings is 1. The van der Waals surface area contributed by atoms with Gasteiger partial charge in [0.15, 0.2) is 0 Å². The SMILES string of the molecule is O=S(=O)(/C=C/c1ccccc1)NCc1cc2ccccn2n1. The van der Waals surface area contributed by atoms with Crippen LogP contribution in [0.15, 0.2) is 66.2 Å². The van der Waals surface area contributed by atoms with Crippen LogP contribution in [-0.2, 0) is 16.6 Å². The zero-order chi connectivity index (χ0) is 15.4. The zero-order valence-electron chi connectivity index (χ0n) is 11.8. The van der Waals surface area contributed by atoms with Gasteiger partial charge in [0.2, 0.25) is 10.0 Å². The molecule has 1 aromatic carbocycles. The maximum atomic E-state index is 12.0. The second kappa shape index (κ2) is 6.13. The third-order valence-corrected chi connectivity index (χ3v) is 4.16. The highest BCUT2D eigenvalue weighted by atomic mass is 32.2. The van der Waals surface area contributed by atoms with E-state index in [2.05, 4.69) is 9.82 Å². The van der Waals surface area contributed by atoms with Crippen LogP contribution in [0, 0.1) is 0 Å². The molecule has 112 valence electrons. The van der Waals surface area contributed by atoms with Gasteiger partial charge in [0.1, 0.15) is 0 Å². The summed E-state index contributed by atoms with van der Waals surface area (Å²) in [5, 5.41) is 5.46. The molecule has 3 rings (SSSR count). The minimum Gasteiger partial charge on any atom is -0.241 e. The molecule has 0 radical (unpaired) electrons. The molecule has 0 aliphatic carbocycles. The molecule has 0 aliphatic heterocycles. The largest absolute Gasteiger partial charge is 0.241 e. The molecule has 0 bridgehead atoms. The highest BCUT2D eigenvalue weighted by Gasteiger charge is 2.07. The van der Waals surface area contributed by atoms with Crippen molar-refractivity contribution in [2.24, 2.45) is 0 Å². The average molecular weight is 313 g/mol. The van der Waals surface area contributed by atoms with Crippen molar-refractivity contribution in [1.82, 2.24) is 14.3 Å². The van der Waals surface area contributed by atoms with Crippen LogP contribution in [0.1, 0.15) is 11.3 Å². The van der Waals surface area contributed by atoms with Gasteiger partial charge in [-0.1, -0.05) is 36.4 Å². The van der Waals surface area contributed by atoms with Gasteiger partial charge in [0, 0.05) is 11.6 Å². The van der Waals surface area contributed by atoms with Gasteiger partial charge < -0.3 is 0 Å². The predicted molar refractivity (Wildman–Crippen MR) is 86.4 cm³/mol. The number of nitrogens with zero attached hydrogens (tertiary/aromatic N) is 2. The Kier molecular flexibility index (Phi) is 4.04. The van der Waals surface area contributed by atoms with Gasteiger partial charge in [-0.2, -0.15) is 5.10 Å². The molecule has 0 saturated heterocycles. The van der Waals surface area contributed by atoms with Crippen molar-refractivity contribution in [3.8, 4) is 0 Å². The number of aromatic nitrogens is 2. The lowest BCUT2D eigenvalue weighted by Crippen LogP contribution is -2.20. The van der Waals surface area contributed by atoms with E-state index >= 15 is 0 Å². The maximum Gasteiger partial charge on any atom is 0.234 e. The lowest BCUT2D eigenvalue weighted by Gasteiger charge is -1.99. The monoisotopic (exact) mass is 313 g/mol. The molecule has 0 amide bonds. The van der Waals surface area contributed by atoms with Gasteiger partial charge >= 0.3 is 0 Å². The summed E-state index contributed by atoms with van der Waals surface area (Å²) in [7, 11) is -3.50. The number of rotatable bonds is 5. The normalized spacial score (nSPS) is 12.2. The molecular weight excluding hydrogens is 298 g/mol. The second-order valence-corrected chi connectivity index (χ2v) is 6.44. The summed E-state index contributed by atoms with van der Waals surface area (Å²) >= 11 is 0. The van der Waals surface area contributed by atoms with Crippen molar-refractivity contribution in [3.05, 3.63) is 77.5 Å². The number of nitrogens with one attached hydrogen (secondary N) is 1. The smallest absolute Gasteiger partial charge is 0.234 e. The number of fused-ring (bicyclic) bond motifs is 1. The molecule has 2 heterocycles. The Morgan fingerprint density at radius 2 is 1.86 bits per heavy atom. The molecule has 5 nitrogen and oxygen atoms in total. The number of sulfonamides is 1. The van der Waals surface area contributed by atoms with E-state index in [-0.39, 0.29) is 6.54 Å².